The summed E-state index contributed by atoms with van der Waals surface area (Å²) in [6.07, 6.45) is 3.43. The zero-order valence-electron chi connectivity index (χ0n) is 10.7. The van der Waals surface area contributed by atoms with Crippen LogP contribution in [0.15, 0.2) is 28.7 Å². The quantitative estimate of drug-likeness (QED) is 0.922. The number of nitrogens with two attached hydrogens (primary N) is 1. The maximum atomic E-state index is 13.1. The lowest BCUT2D eigenvalue weighted by Crippen LogP contribution is -2.21. The van der Waals surface area contributed by atoms with Gasteiger partial charge in [0, 0.05) is 12.8 Å². The van der Waals surface area contributed by atoms with Gasteiger partial charge in [0.15, 0.2) is 5.89 Å². The van der Waals surface area contributed by atoms with Crippen LogP contribution < -0.4 is 5.73 Å². The van der Waals surface area contributed by atoms with Crippen LogP contribution in [0.3, 0.4) is 0 Å². The molecule has 3 rings (SSSR count). The van der Waals surface area contributed by atoms with Crippen molar-refractivity contribution in [2.24, 2.45) is 11.7 Å². The molecule has 0 aliphatic heterocycles. The van der Waals surface area contributed by atoms with Crippen molar-refractivity contribution in [3.63, 3.8) is 0 Å². The van der Waals surface area contributed by atoms with Crippen molar-refractivity contribution < 1.29 is 8.81 Å². The van der Waals surface area contributed by atoms with Crippen molar-refractivity contribution in [1.29, 1.82) is 0 Å². The Morgan fingerprint density at radius 2 is 2.32 bits per heavy atom. The van der Waals surface area contributed by atoms with Gasteiger partial charge in [0.05, 0.1) is 5.69 Å². The molecule has 2 aromatic rings. The number of aryl methyl sites for hydroxylation is 1. The van der Waals surface area contributed by atoms with Crippen LogP contribution in [0.4, 0.5) is 4.39 Å². The molecule has 1 atom stereocenters. The highest BCUT2D eigenvalue weighted by atomic mass is 19.1. The van der Waals surface area contributed by atoms with E-state index in [0.717, 1.165) is 36.3 Å². The van der Waals surface area contributed by atoms with Gasteiger partial charge in [0.25, 0.3) is 0 Å². The van der Waals surface area contributed by atoms with Gasteiger partial charge in [-0.05, 0) is 43.0 Å². The molecule has 1 heterocycles. The normalized spacial score (nSPS) is 18.3. The molecule has 0 saturated heterocycles. The molecule has 0 radical (unpaired) electrons. The summed E-state index contributed by atoms with van der Waals surface area (Å²) in [6, 6.07) is 6.55. The molecule has 0 fully saturated rings. The average molecular weight is 260 g/mol. The topological polar surface area (TPSA) is 52.0 Å². The molecule has 100 valence electrons. The van der Waals surface area contributed by atoms with Gasteiger partial charge in [0.1, 0.15) is 11.6 Å². The molecule has 1 aromatic heterocycles. The van der Waals surface area contributed by atoms with Crippen molar-refractivity contribution in [1.82, 2.24) is 4.98 Å². The van der Waals surface area contributed by atoms with E-state index in [1.54, 1.807) is 6.07 Å². The van der Waals surface area contributed by atoms with E-state index in [9.17, 15) is 4.39 Å². The van der Waals surface area contributed by atoms with Gasteiger partial charge < -0.3 is 10.2 Å². The van der Waals surface area contributed by atoms with Gasteiger partial charge in [-0.15, -0.1) is 0 Å². The summed E-state index contributed by atoms with van der Waals surface area (Å²) in [7, 11) is 0. The summed E-state index contributed by atoms with van der Waals surface area (Å²) in [5.74, 6) is 1.92. The molecule has 19 heavy (non-hydrogen) atoms. The highest BCUT2D eigenvalue weighted by molar-refractivity contribution is 5.22. The van der Waals surface area contributed by atoms with E-state index >= 15 is 0 Å². The molecule has 2 N–H and O–H groups in total. The number of hydrogen-bond donors (Lipinski definition) is 1. The average Bonchev–Trinajstić information content (AvgIpc) is 2.79. The summed E-state index contributed by atoms with van der Waals surface area (Å²) >= 11 is 0. The smallest absolute Gasteiger partial charge is 0.199 e. The standard InChI is InChI=1S/C15H17FN2O/c16-12-3-1-2-10(6-12)8-15-18-13-5-4-11(9-17)7-14(13)19-15/h1-3,6,11H,4-5,7-9,17H2. The molecule has 1 unspecified atom stereocenters. The largest absolute Gasteiger partial charge is 0.445 e. The zero-order chi connectivity index (χ0) is 13.2. The Labute approximate surface area is 111 Å². The number of fused-ring (bicyclic) bond motifs is 1. The highest BCUT2D eigenvalue weighted by Crippen LogP contribution is 2.26. The third-order valence-corrected chi connectivity index (χ3v) is 3.66. The van der Waals surface area contributed by atoms with Crippen molar-refractivity contribution in [3.8, 4) is 0 Å². The molecule has 0 amide bonds. The minimum atomic E-state index is -0.225. The Kier molecular flexibility index (Phi) is 3.34. The van der Waals surface area contributed by atoms with E-state index in [-0.39, 0.29) is 5.82 Å². The summed E-state index contributed by atoms with van der Waals surface area (Å²) in [5, 5.41) is 0. The molecular weight excluding hydrogens is 243 g/mol. The Hall–Kier alpha value is -1.68. The van der Waals surface area contributed by atoms with E-state index in [1.165, 1.54) is 12.1 Å². The number of rotatable bonds is 3. The first kappa shape index (κ1) is 12.4. The molecular formula is C15H17FN2O. The monoisotopic (exact) mass is 260 g/mol. The Morgan fingerprint density at radius 1 is 1.42 bits per heavy atom. The number of benzene rings is 1. The van der Waals surface area contributed by atoms with Crippen molar-refractivity contribution in [3.05, 3.63) is 53.0 Å². The van der Waals surface area contributed by atoms with Crippen LogP contribution in [-0.4, -0.2) is 11.5 Å². The number of oxazole rings is 1. The van der Waals surface area contributed by atoms with Crippen LogP contribution in [-0.2, 0) is 19.3 Å². The van der Waals surface area contributed by atoms with Crippen LogP contribution in [0, 0.1) is 11.7 Å². The van der Waals surface area contributed by atoms with Crippen LogP contribution >= 0.6 is 0 Å². The first-order valence-electron chi connectivity index (χ1n) is 6.66. The van der Waals surface area contributed by atoms with Crippen LogP contribution in [0.1, 0.15) is 29.3 Å². The Bertz CT molecular complexity index is 579. The summed E-state index contributed by atoms with van der Waals surface area (Å²) in [4.78, 5) is 4.51. The third kappa shape index (κ3) is 2.68. The predicted molar refractivity (Wildman–Crippen MR) is 70.3 cm³/mol. The lowest BCUT2D eigenvalue weighted by Gasteiger charge is -2.17. The second kappa shape index (κ2) is 5.13. The molecule has 0 spiro atoms. The number of halogens is 1. The van der Waals surface area contributed by atoms with Gasteiger partial charge in [-0.1, -0.05) is 12.1 Å². The van der Waals surface area contributed by atoms with Crippen LogP contribution in [0.2, 0.25) is 0 Å². The molecule has 4 heteroatoms. The Balaban J connectivity index is 1.78. The maximum Gasteiger partial charge on any atom is 0.199 e. The zero-order valence-corrected chi connectivity index (χ0v) is 10.7. The lowest BCUT2D eigenvalue weighted by atomic mass is 9.91. The van der Waals surface area contributed by atoms with E-state index < -0.39 is 0 Å². The lowest BCUT2D eigenvalue weighted by molar-refractivity contribution is 0.386. The van der Waals surface area contributed by atoms with E-state index in [1.807, 2.05) is 6.07 Å². The molecule has 1 aliphatic carbocycles. The van der Waals surface area contributed by atoms with Crippen LogP contribution in [0.25, 0.3) is 0 Å². The number of aromatic nitrogens is 1. The minimum absolute atomic E-state index is 0.225. The van der Waals surface area contributed by atoms with Gasteiger partial charge in [0.2, 0.25) is 0 Å². The third-order valence-electron chi connectivity index (χ3n) is 3.66. The van der Waals surface area contributed by atoms with Crippen molar-refractivity contribution in [2.45, 2.75) is 25.7 Å². The second-order valence-electron chi connectivity index (χ2n) is 5.13. The summed E-state index contributed by atoms with van der Waals surface area (Å²) in [5.41, 5.74) is 7.64. The second-order valence-corrected chi connectivity index (χ2v) is 5.13. The Morgan fingerprint density at radius 3 is 3.11 bits per heavy atom. The molecule has 1 aromatic carbocycles. The maximum absolute atomic E-state index is 13.1. The van der Waals surface area contributed by atoms with E-state index in [0.29, 0.717) is 24.8 Å². The SMILES string of the molecule is NCC1CCc2nc(Cc3cccc(F)c3)oc2C1. The predicted octanol–water partition coefficient (Wildman–Crippen LogP) is 2.47. The number of hydrogen-bond acceptors (Lipinski definition) is 3. The van der Waals surface area contributed by atoms with Crippen molar-refractivity contribution in [2.75, 3.05) is 6.54 Å². The van der Waals surface area contributed by atoms with E-state index in [2.05, 4.69) is 4.98 Å². The van der Waals surface area contributed by atoms with Gasteiger partial charge in [-0.3, -0.25) is 0 Å². The van der Waals surface area contributed by atoms with Gasteiger partial charge >= 0.3 is 0 Å². The molecule has 1 aliphatic rings. The molecule has 0 bridgehead atoms. The minimum Gasteiger partial charge on any atom is -0.445 e. The fourth-order valence-corrected chi connectivity index (χ4v) is 2.60. The molecule has 0 saturated carbocycles. The van der Waals surface area contributed by atoms with Crippen molar-refractivity contribution >= 4 is 0 Å². The highest BCUT2D eigenvalue weighted by Gasteiger charge is 2.23. The van der Waals surface area contributed by atoms with Crippen LogP contribution in [0.5, 0.6) is 0 Å². The first-order valence-corrected chi connectivity index (χ1v) is 6.66. The summed E-state index contributed by atoms with van der Waals surface area (Å²) < 4.78 is 18.9. The summed E-state index contributed by atoms with van der Waals surface area (Å²) in [6.45, 7) is 0.694. The fraction of sp³-hybridized carbons (Fsp3) is 0.400. The van der Waals surface area contributed by atoms with E-state index in [4.69, 9.17) is 10.2 Å². The first-order chi connectivity index (χ1) is 9.24. The fourth-order valence-electron chi connectivity index (χ4n) is 2.60. The van der Waals surface area contributed by atoms with Gasteiger partial charge in [-0.2, -0.15) is 0 Å². The molecule has 3 nitrogen and oxygen atoms in total. The number of nitrogens with zero attached hydrogens (tertiary/aromatic N) is 1. The van der Waals surface area contributed by atoms with Gasteiger partial charge in [-0.25, -0.2) is 9.37 Å².